The number of hydrogen-bond acceptors (Lipinski definition) is 0. The molecule has 0 aromatic heterocycles. The average molecular weight is 326 g/mol. The number of hydrogen-bond donors (Lipinski definition) is 0. The Bertz CT molecular complexity index is 532. The molecule has 0 fully saturated rings. The van der Waals surface area contributed by atoms with Gasteiger partial charge in [-0.15, -0.1) is 0 Å². The van der Waals surface area contributed by atoms with Crippen molar-refractivity contribution in [3.8, 4) is 0 Å². The van der Waals surface area contributed by atoms with Gasteiger partial charge < -0.3 is 0 Å². The number of rotatable bonds is 4. The summed E-state index contributed by atoms with van der Waals surface area (Å²) in [6.45, 7) is 4.50. The zero-order valence-electron chi connectivity index (χ0n) is 10.8. The van der Waals surface area contributed by atoms with E-state index in [1.54, 1.807) is 0 Å². The van der Waals surface area contributed by atoms with Gasteiger partial charge in [0.1, 0.15) is 0 Å². The third-order valence-electron chi connectivity index (χ3n) is 3.66. The van der Waals surface area contributed by atoms with Crippen molar-refractivity contribution in [2.75, 3.05) is 0 Å². The molecule has 18 heavy (non-hydrogen) atoms. The summed E-state index contributed by atoms with van der Waals surface area (Å²) in [5, 5.41) is 3.24. The van der Waals surface area contributed by atoms with E-state index in [0.717, 1.165) is 10.4 Å². The molecule has 2 aromatic rings. The Labute approximate surface area is 122 Å². The predicted octanol–water partition coefficient (Wildman–Crippen LogP) is 6.37. The maximum atomic E-state index is 6.27. The molecule has 0 saturated carbocycles. The second kappa shape index (κ2) is 6.08. The monoisotopic (exact) mass is 324 g/mol. The normalized spacial score (nSPS) is 13.2. The molecular weight excluding hydrogens is 308 g/mol. The largest absolute Gasteiger partial charge is 0.0837 e. The molecular formula is C16H18BrCl. The number of fused-ring (bicyclic) bond motifs is 1. The summed E-state index contributed by atoms with van der Waals surface area (Å²) >= 11 is 10.1. The summed E-state index contributed by atoms with van der Waals surface area (Å²) in [5.74, 6) is 0.662. The molecule has 0 bridgehead atoms. The number of benzene rings is 2. The van der Waals surface area contributed by atoms with Crippen molar-refractivity contribution in [1.29, 1.82) is 0 Å². The van der Waals surface area contributed by atoms with Gasteiger partial charge in [-0.1, -0.05) is 84.6 Å². The molecule has 1 atom stereocenters. The van der Waals surface area contributed by atoms with Crippen LogP contribution in [0.3, 0.4) is 0 Å². The molecule has 0 amide bonds. The smallest absolute Gasteiger partial charge is 0.0484 e. The van der Waals surface area contributed by atoms with Gasteiger partial charge in [0.15, 0.2) is 0 Å². The Hall–Kier alpha value is -0.530. The Morgan fingerprint density at radius 2 is 1.61 bits per heavy atom. The highest BCUT2D eigenvalue weighted by atomic mass is 79.9. The van der Waals surface area contributed by atoms with E-state index in [1.807, 2.05) is 12.1 Å². The first-order valence-corrected chi connectivity index (χ1v) is 7.79. The Kier molecular flexibility index (Phi) is 4.69. The van der Waals surface area contributed by atoms with Gasteiger partial charge in [-0.2, -0.15) is 0 Å². The van der Waals surface area contributed by atoms with Gasteiger partial charge >= 0.3 is 0 Å². The van der Waals surface area contributed by atoms with E-state index in [2.05, 4.69) is 54.0 Å². The average Bonchev–Trinajstić information content (AvgIpc) is 2.41. The lowest BCUT2D eigenvalue weighted by Crippen LogP contribution is -2.06. The second-order valence-electron chi connectivity index (χ2n) is 4.66. The second-order valence-corrected chi connectivity index (χ2v) is 6.05. The number of alkyl halides is 1. The molecule has 0 N–H and O–H groups in total. The van der Waals surface area contributed by atoms with Gasteiger partial charge in [0.2, 0.25) is 0 Å². The Morgan fingerprint density at radius 1 is 1.00 bits per heavy atom. The Morgan fingerprint density at radius 3 is 2.22 bits per heavy atom. The van der Waals surface area contributed by atoms with Crippen LogP contribution in [0.4, 0.5) is 0 Å². The Balaban J connectivity index is 2.54. The molecule has 0 aliphatic heterocycles. The van der Waals surface area contributed by atoms with Gasteiger partial charge in [-0.3, -0.25) is 0 Å². The molecule has 2 aromatic carbocycles. The van der Waals surface area contributed by atoms with E-state index >= 15 is 0 Å². The zero-order valence-corrected chi connectivity index (χ0v) is 13.1. The van der Waals surface area contributed by atoms with Gasteiger partial charge in [0.25, 0.3) is 0 Å². The minimum absolute atomic E-state index is 0.398. The predicted molar refractivity (Wildman–Crippen MR) is 84.7 cm³/mol. The molecule has 0 nitrogen and oxygen atoms in total. The summed E-state index contributed by atoms with van der Waals surface area (Å²) in [5.41, 5.74) is 1.35. The van der Waals surface area contributed by atoms with Crippen molar-refractivity contribution < 1.29 is 0 Å². The van der Waals surface area contributed by atoms with Crippen LogP contribution >= 0.6 is 27.5 Å². The highest BCUT2D eigenvalue weighted by Gasteiger charge is 2.19. The van der Waals surface area contributed by atoms with Crippen molar-refractivity contribution in [3.63, 3.8) is 0 Å². The minimum atomic E-state index is 0.398. The van der Waals surface area contributed by atoms with E-state index in [-0.39, 0.29) is 0 Å². The summed E-state index contributed by atoms with van der Waals surface area (Å²) < 4.78 is 0. The van der Waals surface area contributed by atoms with E-state index < -0.39 is 0 Å². The lowest BCUT2D eigenvalue weighted by Gasteiger charge is -2.21. The van der Waals surface area contributed by atoms with Gasteiger partial charge in [-0.25, -0.2) is 0 Å². The van der Waals surface area contributed by atoms with E-state index in [9.17, 15) is 0 Å². The van der Waals surface area contributed by atoms with Crippen molar-refractivity contribution in [2.24, 2.45) is 5.92 Å². The number of halogens is 2. The molecule has 96 valence electrons. The van der Waals surface area contributed by atoms with Crippen molar-refractivity contribution in [2.45, 2.75) is 31.5 Å². The van der Waals surface area contributed by atoms with Crippen LogP contribution in [0.5, 0.6) is 0 Å². The molecule has 0 saturated heterocycles. The zero-order chi connectivity index (χ0) is 13.1. The first-order chi connectivity index (χ1) is 8.69. The summed E-state index contributed by atoms with van der Waals surface area (Å²) in [6, 6.07) is 12.5. The van der Waals surface area contributed by atoms with E-state index in [0.29, 0.717) is 10.7 Å². The molecule has 1 unspecified atom stereocenters. The fourth-order valence-corrected chi connectivity index (χ4v) is 3.86. The van der Waals surface area contributed by atoms with Crippen molar-refractivity contribution in [3.05, 3.63) is 47.0 Å². The maximum absolute atomic E-state index is 6.27. The van der Waals surface area contributed by atoms with Crippen LogP contribution in [0.25, 0.3) is 10.8 Å². The highest BCUT2D eigenvalue weighted by molar-refractivity contribution is 9.09. The summed E-state index contributed by atoms with van der Waals surface area (Å²) in [6.07, 6.45) is 2.37. The van der Waals surface area contributed by atoms with E-state index in [4.69, 9.17) is 11.6 Å². The standard InChI is InChI=1S/C16H18BrCl/c1-3-11(4-2)16(17)14-9-10-15(18)13-8-6-5-7-12(13)14/h5-11,16H,3-4H2,1-2H3. The van der Waals surface area contributed by atoms with Crippen LogP contribution in [0, 0.1) is 5.92 Å². The highest BCUT2D eigenvalue weighted by Crippen LogP contribution is 2.40. The minimum Gasteiger partial charge on any atom is -0.0837 e. The SMILES string of the molecule is CCC(CC)C(Br)c1ccc(Cl)c2ccccc12. The first kappa shape index (κ1) is 13.9. The molecule has 0 aliphatic rings. The summed E-state index contributed by atoms with van der Waals surface area (Å²) in [7, 11) is 0. The quantitative estimate of drug-likeness (QED) is 0.573. The van der Waals surface area contributed by atoms with Crippen LogP contribution in [-0.2, 0) is 0 Å². The third-order valence-corrected chi connectivity index (χ3v) is 5.23. The lowest BCUT2D eigenvalue weighted by atomic mass is 9.91. The van der Waals surface area contributed by atoms with E-state index in [1.165, 1.54) is 23.8 Å². The molecule has 0 radical (unpaired) electrons. The topological polar surface area (TPSA) is 0 Å². The van der Waals surface area contributed by atoms with Crippen LogP contribution in [0.1, 0.15) is 37.1 Å². The van der Waals surface area contributed by atoms with Crippen LogP contribution in [-0.4, -0.2) is 0 Å². The van der Waals surface area contributed by atoms with Gasteiger partial charge in [-0.05, 0) is 22.9 Å². The molecule has 0 spiro atoms. The molecule has 2 heteroatoms. The van der Waals surface area contributed by atoms with Crippen LogP contribution < -0.4 is 0 Å². The van der Waals surface area contributed by atoms with Gasteiger partial charge in [0.05, 0.1) is 0 Å². The fraction of sp³-hybridized carbons (Fsp3) is 0.375. The van der Waals surface area contributed by atoms with Crippen molar-refractivity contribution >= 4 is 38.3 Å². The van der Waals surface area contributed by atoms with Crippen LogP contribution in [0.2, 0.25) is 5.02 Å². The van der Waals surface area contributed by atoms with Gasteiger partial charge in [0, 0.05) is 15.2 Å². The van der Waals surface area contributed by atoms with Crippen LogP contribution in [0.15, 0.2) is 36.4 Å². The molecule has 2 rings (SSSR count). The first-order valence-electron chi connectivity index (χ1n) is 6.50. The maximum Gasteiger partial charge on any atom is 0.0484 e. The fourth-order valence-electron chi connectivity index (χ4n) is 2.48. The molecule has 0 heterocycles. The van der Waals surface area contributed by atoms with Crippen molar-refractivity contribution in [1.82, 2.24) is 0 Å². The third kappa shape index (κ3) is 2.57. The lowest BCUT2D eigenvalue weighted by molar-refractivity contribution is 0.488. The molecule has 0 aliphatic carbocycles. The summed E-state index contributed by atoms with van der Waals surface area (Å²) in [4.78, 5) is 0.398.